The van der Waals surface area contributed by atoms with Crippen molar-refractivity contribution in [2.45, 2.75) is 58.8 Å². The second-order valence-corrected chi connectivity index (χ2v) is 9.55. The van der Waals surface area contributed by atoms with Crippen molar-refractivity contribution in [2.24, 2.45) is 5.92 Å². The van der Waals surface area contributed by atoms with Gasteiger partial charge in [0, 0.05) is 0 Å². The molecule has 1 aliphatic rings. The summed E-state index contributed by atoms with van der Waals surface area (Å²) in [7, 11) is -3.10. The maximum atomic E-state index is 13.0. The Balaban J connectivity index is 1.65. The number of hydrogen-bond acceptors (Lipinski definition) is 7. The molecule has 0 saturated heterocycles. The molecular weight excluding hydrogens is 365 g/mol. The van der Waals surface area contributed by atoms with Gasteiger partial charge < -0.3 is 19.3 Å². The molecular formula is C18H28N5O3P. The third-order valence-electron chi connectivity index (χ3n) is 4.41. The minimum atomic E-state index is -3.10. The monoisotopic (exact) mass is 393 g/mol. The van der Waals surface area contributed by atoms with Crippen molar-refractivity contribution in [2.75, 3.05) is 11.9 Å². The number of anilines is 1. The van der Waals surface area contributed by atoms with Crippen LogP contribution in [0.15, 0.2) is 24.8 Å². The molecule has 3 rings (SSSR count). The van der Waals surface area contributed by atoms with Crippen molar-refractivity contribution in [3.63, 3.8) is 0 Å². The molecule has 148 valence electrons. The van der Waals surface area contributed by atoms with Gasteiger partial charge in [0.15, 0.2) is 11.5 Å². The van der Waals surface area contributed by atoms with E-state index in [1.807, 2.05) is 32.3 Å². The molecule has 0 spiro atoms. The summed E-state index contributed by atoms with van der Waals surface area (Å²) in [5, 5.41) is 0. The maximum Gasteiger partial charge on any atom is 0.331 e. The van der Waals surface area contributed by atoms with Crippen LogP contribution in [0.2, 0.25) is 0 Å². The van der Waals surface area contributed by atoms with Crippen molar-refractivity contribution in [1.29, 1.82) is 0 Å². The first-order chi connectivity index (χ1) is 12.8. The van der Waals surface area contributed by atoms with E-state index in [9.17, 15) is 4.57 Å². The number of allylic oxidation sites excluding steroid dienone is 2. The molecule has 0 amide bonds. The van der Waals surface area contributed by atoms with Crippen LogP contribution in [0.4, 0.5) is 5.82 Å². The van der Waals surface area contributed by atoms with Crippen LogP contribution in [0.1, 0.15) is 46.6 Å². The van der Waals surface area contributed by atoms with E-state index in [2.05, 4.69) is 27.1 Å². The fraction of sp³-hybridized carbons (Fsp3) is 0.611. The van der Waals surface area contributed by atoms with E-state index in [1.165, 1.54) is 6.33 Å². The molecule has 0 saturated carbocycles. The summed E-state index contributed by atoms with van der Waals surface area (Å²) in [6.45, 7) is 7.50. The number of nitrogens with zero attached hydrogens (tertiary/aromatic N) is 4. The molecule has 0 bridgehead atoms. The van der Waals surface area contributed by atoms with Crippen molar-refractivity contribution >= 4 is 24.6 Å². The molecule has 0 radical (unpaired) electrons. The lowest BCUT2D eigenvalue weighted by Crippen LogP contribution is -2.12. The van der Waals surface area contributed by atoms with Crippen LogP contribution in [-0.4, -0.2) is 37.9 Å². The zero-order chi connectivity index (χ0) is 19.6. The van der Waals surface area contributed by atoms with E-state index < -0.39 is 7.60 Å². The minimum Gasteiger partial charge on any atom is -0.382 e. The van der Waals surface area contributed by atoms with Crippen LogP contribution in [0.3, 0.4) is 0 Å². The van der Waals surface area contributed by atoms with E-state index in [0.717, 1.165) is 18.5 Å². The van der Waals surface area contributed by atoms with Crippen LogP contribution >= 0.6 is 7.60 Å². The van der Waals surface area contributed by atoms with Crippen molar-refractivity contribution in [3.8, 4) is 0 Å². The highest BCUT2D eigenvalue weighted by molar-refractivity contribution is 7.53. The number of fused-ring (bicyclic) bond motifs is 1. The summed E-state index contributed by atoms with van der Waals surface area (Å²) in [5.41, 5.74) is 7.22. The van der Waals surface area contributed by atoms with Gasteiger partial charge in [-0.15, -0.1) is 0 Å². The molecule has 2 N–H and O–H groups in total. The van der Waals surface area contributed by atoms with Gasteiger partial charge in [-0.3, -0.25) is 4.57 Å². The zero-order valence-corrected chi connectivity index (χ0v) is 17.2. The number of aromatic nitrogens is 4. The van der Waals surface area contributed by atoms with Crippen LogP contribution in [0, 0.1) is 5.92 Å². The average Bonchev–Trinajstić information content (AvgIpc) is 3.18. The molecule has 2 heterocycles. The highest BCUT2D eigenvalue weighted by Crippen LogP contribution is 2.52. The Morgan fingerprint density at radius 2 is 1.89 bits per heavy atom. The minimum absolute atomic E-state index is 0.135. The molecule has 8 nitrogen and oxygen atoms in total. The predicted octanol–water partition coefficient (Wildman–Crippen LogP) is 3.96. The lowest BCUT2D eigenvalue weighted by atomic mass is 10.1. The first kappa shape index (κ1) is 20.0. The number of rotatable bonds is 8. The lowest BCUT2D eigenvalue weighted by molar-refractivity contribution is 0.141. The maximum absolute atomic E-state index is 13.0. The van der Waals surface area contributed by atoms with Crippen LogP contribution in [-0.2, 0) is 13.6 Å². The Bertz CT molecular complexity index is 850. The Morgan fingerprint density at radius 3 is 2.56 bits per heavy atom. The molecule has 1 aliphatic carbocycles. The van der Waals surface area contributed by atoms with E-state index in [-0.39, 0.29) is 18.2 Å². The number of nitrogen functional groups attached to an aromatic ring is 1. The van der Waals surface area contributed by atoms with Gasteiger partial charge in [0.05, 0.1) is 30.7 Å². The van der Waals surface area contributed by atoms with E-state index >= 15 is 0 Å². The normalized spacial score (nSPS) is 20.4. The topological polar surface area (TPSA) is 105 Å². The zero-order valence-electron chi connectivity index (χ0n) is 16.3. The van der Waals surface area contributed by atoms with Gasteiger partial charge in [-0.1, -0.05) is 12.2 Å². The molecule has 2 aromatic rings. The van der Waals surface area contributed by atoms with Gasteiger partial charge in [-0.05, 0) is 46.5 Å². The molecule has 2 aromatic heterocycles. The van der Waals surface area contributed by atoms with Gasteiger partial charge in [-0.25, -0.2) is 15.0 Å². The summed E-state index contributed by atoms with van der Waals surface area (Å²) in [5.74, 6) is 0.682. The quantitative estimate of drug-likeness (QED) is 0.534. The molecule has 0 aliphatic heterocycles. The smallest absolute Gasteiger partial charge is 0.331 e. The highest BCUT2D eigenvalue weighted by Gasteiger charge is 2.30. The van der Waals surface area contributed by atoms with Crippen LogP contribution in [0.5, 0.6) is 0 Å². The van der Waals surface area contributed by atoms with E-state index in [4.69, 9.17) is 14.8 Å². The molecule has 0 aromatic carbocycles. The first-order valence-corrected chi connectivity index (χ1v) is 11.1. The van der Waals surface area contributed by atoms with Crippen molar-refractivity contribution in [1.82, 2.24) is 19.5 Å². The third kappa shape index (κ3) is 4.75. The number of hydrogen-bond donors (Lipinski definition) is 1. The van der Waals surface area contributed by atoms with Crippen molar-refractivity contribution < 1.29 is 13.6 Å². The summed E-state index contributed by atoms with van der Waals surface area (Å²) in [6, 6.07) is 0.144. The lowest BCUT2D eigenvalue weighted by Gasteiger charge is -2.24. The van der Waals surface area contributed by atoms with E-state index in [1.54, 1.807) is 6.33 Å². The summed E-state index contributed by atoms with van der Waals surface area (Å²) >= 11 is 0. The fourth-order valence-corrected chi connectivity index (χ4v) is 5.58. The standard InChI is InChI=1S/C18H28N5O3P/c1-12(2)25-27(24,26-13(3)4)8-7-14-5-6-15(9-14)23-11-22-16-17(19)20-10-21-18(16)23/h5-6,10-15H,7-9H2,1-4H3,(H2,19,20,21)/t14-,15-/m0/s1. The van der Waals surface area contributed by atoms with Gasteiger partial charge >= 0.3 is 7.60 Å². The molecule has 9 heteroatoms. The predicted molar refractivity (Wildman–Crippen MR) is 106 cm³/mol. The van der Waals surface area contributed by atoms with Gasteiger partial charge in [-0.2, -0.15) is 0 Å². The second kappa shape index (κ2) is 8.09. The average molecular weight is 393 g/mol. The SMILES string of the molecule is CC(C)OP(=O)(CC[C@@H]1C=C[C@H](n2cnc3c(N)ncnc32)C1)OC(C)C. The summed E-state index contributed by atoms with van der Waals surface area (Å²) < 4.78 is 26.3. The van der Waals surface area contributed by atoms with Crippen LogP contribution < -0.4 is 5.73 Å². The van der Waals surface area contributed by atoms with Crippen molar-refractivity contribution in [3.05, 3.63) is 24.8 Å². The Hall–Kier alpha value is -1.76. The largest absolute Gasteiger partial charge is 0.382 e. The molecule has 0 fully saturated rings. The highest BCUT2D eigenvalue weighted by atomic mass is 31.2. The second-order valence-electron chi connectivity index (χ2n) is 7.46. The Kier molecular flexibility index (Phi) is 5.99. The first-order valence-electron chi connectivity index (χ1n) is 9.34. The summed E-state index contributed by atoms with van der Waals surface area (Å²) in [6.07, 6.45) is 9.28. The molecule has 27 heavy (non-hydrogen) atoms. The number of imidazole rings is 1. The Labute approximate surface area is 159 Å². The third-order valence-corrected chi connectivity index (χ3v) is 6.70. The molecule has 2 atom stereocenters. The fourth-order valence-electron chi connectivity index (χ4n) is 3.38. The summed E-state index contributed by atoms with van der Waals surface area (Å²) in [4.78, 5) is 12.6. The van der Waals surface area contributed by atoms with E-state index in [0.29, 0.717) is 23.4 Å². The van der Waals surface area contributed by atoms with Gasteiger partial charge in [0.1, 0.15) is 11.8 Å². The van der Waals surface area contributed by atoms with Gasteiger partial charge in [0.2, 0.25) is 0 Å². The van der Waals surface area contributed by atoms with Gasteiger partial charge in [0.25, 0.3) is 0 Å². The molecule has 0 unspecified atom stereocenters. The number of nitrogens with two attached hydrogens (primary N) is 1. The Morgan fingerprint density at radius 1 is 1.19 bits per heavy atom. The van der Waals surface area contributed by atoms with Crippen LogP contribution in [0.25, 0.3) is 11.2 Å².